The van der Waals surface area contributed by atoms with Crippen LogP contribution in [-0.2, 0) is 9.53 Å². The minimum absolute atomic E-state index is 0.182. The van der Waals surface area contributed by atoms with Crippen LogP contribution in [0.1, 0.15) is 41.2 Å². The predicted molar refractivity (Wildman–Crippen MR) is 122 cm³/mol. The summed E-state index contributed by atoms with van der Waals surface area (Å²) < 4.78 is 6.51. The summed E-state index contributed by atoms with van der Waals surface area (Å²) >= 11 is 4.68. The Morgan fingerprint density at radius 2 is 2.20 bits per heavy atom. The van der Waals surface area contributed by atoms with Gasteiger partial charge < -0.3 is 25.1 Å². The fourth-order valence-corrected chi connectivity index (χ4v) is 4.99. The number of nitrogens with one attached hydrogen (secondary N) is 2. The third-order valence-electron chi connectivity index (χ3n) is 5.56. The Balaban J connectivity index is 1.63. The van der Waals surface area contributed by atoms with Gasteiger partial charge in [-0.25, -0.2) is 4.98 Å². The number of morpholine rings is 1. The fourth-order valence-electron chi connectivity index (χ4n) is 4.00. The molecular formula is C21H25BrN4O3S. The van der Waals surface area contributed by atoms with Gasteiger partial charge in [0.05, 0.1) is 30.0 Å². The molecule has 2 saturated heterocycles. The van der Waals surface area contributed by atoms with Gasteiger partial charge in [-0.1, -0.05) is 6.07 Å². The van der Waals surface area contributed by atoms with Crippen molar-refractivity contribution in [1.29, 1.82) is 0 Å². The molecule has 7 nitrogen and oxygen atoms in total. The molecule has 2 aliphatic rings. The van der Waals surface area contributed by atoms with Crippen LogP contribution >= 0.6 is 27.3 Å². The van der Waals surface area contributed by atoms with Crippen molar-refractivity contribution in [1.82, 2.24) is 10.3 Å². The highest BCUT2D eigenvalue weighted by molar-refractivity contribution is 9.11. The van der Waals surface area contributed by atoms with Crippen LogP contribution in [0, 0.1) is 0 Å². The molecule has 160 valence electrons. The van der Waals surface area contributed by atoms with Crippen molar-refractivity contribution in [2.75, 3.05) is 43.0 Å². The Morgan fingerprint density at radius 1 is 1.37 bits per heavy atom. The first-order valence-electron chi connectivity index (χ1n) is 10.2. The van der Waals surface area contributed by atoms with Crippen LogP contribution in [-0.4, -0.2) is 56.1 Å². The number of piperidine rings is 1. The van der Waals surface area contributed by atoms with Gasteiger partial charge in [0.25, 0.3) is 5.91 Å². The summed E-state index contributed by atoms with van der Waals surface area (Å²) in [6, 6.07) is 5.84. The van der Waals surface area contributed by atoms with Crippen LogP contribution in [0.3, 0.4) is 0 Å². The van der Waals surface area contributed by atoms with Crippen molar-refractivity contribution < 1.29 is 14.3 Å². The molecule has 1 aromatic carbocycles. The number of carbonyl (C=O) groups excluding carboxylic acids is 2. The molecule has 2 atom stereocenters. The number of carbonyl (C=O) groups is 2. The van der Waals surface area contributed by atoms with Crippen LogP contribution in [0.5, 0.6) is 0 Å². The molecule has 0 radical (unpaired) electrons. The van der Waals surface area contributed by atoms with E-state index in [1.54, 1.807) is 5.38 Å². The maximum absolute atomic E-state index is 12.7. The van der Waals surface area contributed by atoms with E-state index in [0.29, 0.717) is 22.8 Å². The van der Waals surface area contributed by atoms with Gasteiger partial charge in [0.2, 0.25) is 0 Å². The Morgan fingerprint density at radius 3 is 2.87 bits per heavy atom. The summed E-state index contributed by atoms with van der Waals surface area (Å²) in [5, 5.41) is 8.03. The number of nitrogens with zero attached hydrogens (tertiary/aromatic N) is 2. The number of aromatic nitrogens is 1. The Hall–Kier alpha value is -1.81. The van der Waals surface area contributed by atoms with E-state index in [-0.39, 0.29) is 17.9 Å². The number of rotatable bonds is 6. The lowest BCUT2D eigenvalue weighted by Gasteiger charge is -2.32. The molecule has 2 aromatic rings. The molecule has 2 unspecified atom stereocenters. The van der Waals surface area contributed by atoms with Crippen molar-refractivity contribution in [3.63, 3.8) is 0 Å². The average molecular weight is 493 g/mol. The van der Waals surface area contributed by atoms with Gasteiger partial charge in [0, 0.05) is 31.6 Å². The second-order valence-electron chi connectivity index (χ2n) is 7.54. The van der Waals surface area contributed by atoms with E-state index in [1.807, 2.05) is 18.2 Å². The van der Waals surface area contributed by atoms with E-state index in [2.05, 4.69) is 36.4 Å². The summed E-state index contributed by atoms with van der Waals surface area (Å²) in [4.78, 5) is 31.1. The number of aldehydes is 1. The zero-order chi connectivity index (χ0) is 20.9. The van der Waals surface area contributed by atoms with E-state index >= 15 is 0 Å². The first-order chi connectivity index (χ1) is 14.7. The lowest BCUT2D eigenvalue weighted by atomic mass is 9.92. The van der Waals surface area contributed by atoms with E-state index in [0.717, 1.165) is 55.7 Å². The monoisotopic (exact) mass is 492 g/mol. The molecular weight excluding hydrogens is 468 g/mol. The van der Waals surface area contributed by atoms with Gasteiger partial charge in [-0.15, -0.1) is 11.3 Å². The number of anilines is 2. The zero-order valence-corrected chi connectivity index (χ0v) is 19.0. The van der Waals surface area contributed by atoms with Crippen LogP contribution < -0.4 is 15.5 Å². The number of ether oxygens (including phenoxy) is 1. The lowest BCUT2D eigenvalue weighted by Crippen LogP contribution is -2.42. The van der Waals surface area contributed by atoms with Crippen molar-refractivity contribution in [2.45, 2.75) is 31.3 Å². The summed E-state index contributed by atoms with van der Waals surface area (Å²) in [6.45, 7) is 3.92. The van der Waals surface area contributed by atoms with E-state index in [1.165, 1.54) is 17.8 Å². The zero-order valence-electron chi connectivity index (χ0n) is 16.6. The molecule has 0 spiro atoms. The minimum atomic E-state index is -0.347. The predicted octanol–water partition coefficient (Wildman–Crippen LogP) is 3.42. The van der Waals surface area contributed by atoms with Gasteiger partial charge in [-0.2, -0.15) is 0 Å². The second kappa shape index (κ2) is 10.00. The van der Waals surface area contributed by atoms with Crippen LogP contribution in [0.2, 0.25) is 0 Å². The van der Waals surface area contributed by atoms with Crippen molar-refractivity contribution >= 4 is 50.8 Å². The smallest absolute Gasteiger partial charge is 0.275 e. The summed E-state index contributed by atoms with van der Waals surface area (Å²) in [6.07, 6.45) is 4.23. The molecule has 0 saturated carbocycles. The number of hydrogen-bond acceptors (Lipinski definition) is 7. The van der Waals surface area contributed by atoms with Gasteiger partial charge in [0.15, 0.2) is 3.92 Å². The van der Waals surface area contributed by atoms with Gasteiger partial charge in [-0.05, 0) is 52.9 Å². The van der Waals surface area contributed by atoms with Crippen LogP contribution in [0.15, 0.2) is 27.5 Å². The average Bonchev–Trinajstić information content (AvgIpc) is 3.23. The highest BCUT2D eigenvalue weighted by Crippen LogP contribution is 2.34. The van der Waals surface area contributed by atoms with Gasteiger partial charge in [0.1, 0.15) is 12.0 Å². The highest BCUT2D eigenvalue weighted by atomic mass is 79.9. The first-order valence-corrected chi connectivity index (χ1v) is 11.9. The summed E-state index contributed by atoms with van der Waals surface area (Å²) in [5.74, 6) is -0.588. The number of amides is 1. The number of hydrogen-bond donors (Lipinski definition) is 2. The number of thiazole rings is 1. The molecule has 4 rings (SSSR count). The summed E-state index contributed by atoms with van der Waals surface area (Å²) in [5.41, 5.74) is 2.98. The molecule has 9 heteroatoms. The molecule has 2 fully saturated rings. The molecule has 1 aromatic heterocycles. The number of halogens is 1. The van der Waals surface area contributed by atoms with E-state index in [9.17, 15) is 9.59 Å². The highest BCUT2D eigenvalue weighted by Gasteiger charge is 2.27. The van der Waals surface area contributed by atoms with Crippen molar-refractivity contribution in [3.8, 4) is 0 Å². The van der Waals surface area contributed by atoms with Crippen molar-refractivity contribution in [3.05, 3.63) is 38.8 Å². The molecule has 1 amide bonds. The quantitative estimate of drug-likeness (QED) is 0.601. The largest absolute Gasteiger partial charge is 0.374 e. The standard InChI is InChI=1S/C21H25BrN4O3S/c22-21-25-17(13-30-21)20(28)24-16-5-4-14(10-18(16)26-7-2-1-3-8-26)15(12-27)19-11-23-6-9-29-19/h4-5,10,12-13,15,19,23H,1-3,6-9,11H2,(H,24,28). The Kier molecular flexibility index (Phi) is 7.14. The number of benzene rings is 1. The molecule has 30 heavy (non-hydrogen) atoms. The van der Waals surface area contributed by atoms with Gasteiger partial charge >= 0.3 is 0 Å². The van der Waals surface area contributed by atoms with Crippen LogP contribution in [0.25, 0.3) is 0 Å². The van der Waals surface area contributed by atoms with Crippen LogP contribution in [0.4, 0.5) is 11.4 Å². The molecule has 3 heterocycles. The Labute approximate surface area is 188 Å². The van der Waals surface area contributed by atoms with Gasteiger partial charge in [-0.3, -0.25) is 4.79 Å². The molecule has 2 N–H and O–H groups in total. The van der Waals surface area contributed by atoms with E-state index < -0.39 is 0 Å². The maximum atomic E-state index is 12.7. The Bertz CT molecular complexity index is 894. The lowest BCUT2D eigenvalue weighted by molar-refractivity contribution is -0.113. The maximum Gasteiger partial charge on any atom is 0.275 e. The first kappa shape index (κ1) is 21.4. The van der Waals surface area contributed by atoms with Crippen molar-refractivity contribution in [2.24, 2.45) is 0 Å². The third kappa shape index (κ3) is 4.91. The minimum Gasteiger partial charge on any atom is -0.374 e. The molecule has 2 aliphatic heterocycles. The molecule has 0 bridgehead atoms. The summed E-state index contributed by atoms with van der Waals surface area (Å²) in [7, 11) is 0. The topological polar surface area (TPSA) is 83.6 Å². The molecule has 0 aliphatic carbocycles. The SMILES string of the molecule is O=CC(c1ccc(NC(=O)c2csc(Br)n2)c(N2CCCCC2)c1)C1CNCCO1. The third-order valence-corrected chi connectivity index (χ3v) is 6.93. The fraction of sp³-hybridized carbons (Fsp3) is 0.476. The second-order valence-corrected chi connectivity index (χ2v) is 9.67. The van der Waals surface area contributed by atoms with E-state index in [4.69, 9.17) is 4.74 Å². The normalized spacial score (nSPS) is 20.6.